The predicted molar refractivity (Wildman–Crippen MR) is 94.7 cm³/mol. The molecular formula is C20H30O4. The van der Waals surface area contributed by atoms with Crippen LogP contribution in [-0.2, 0) is 19.0 Å². The zero-order valence-electron chi connectivity index (χ0n) is 15.2. The number of carbonyl (C=O) groups excluding carboxylic acids is 1. The Labute approximate surface area is 145 Å². The van der Waals surface area contributed by atoms with E-state index < -0.39 is 0 Å². The van der Waals surface area contributed by atoms with E-state index in [2.05, 4.69) is 39.2 Å². The fourth-order valence-electron chi connectivity index (χ4n) is 3.40. The van der Waals surface area contributed by atoms with Crippen molar-refractivity contribution in [2.45, 2.75) is 63.8 Å². The molecule has 0 aromatic rings. The molecule has 4 atom stereocenters. The van der Waals surface area contributed by atoms with E-state index in [9.17, 15) is 4.79 Å². The highest BCUT2D eigenvalue weighted by atomic mass is 16.6. The van der Waals surface area contributed by atoms with Crippen LogP contribution >= 0.6 is 0 Å². The molecule has 2 rings (SSSR count). The first-order valence-electron chi connectivity index (χ1n) is 8.81. The van der Waals surface area contributed by atoms with Crippen LogP contribution in [0.5, 0.6) is 0 Å². The van der Waals surface area contributed by atoms with Gasteiger partial charge in [-0.25, -0.2) is 4.79 Å². The molecule has 4 nitrogen and oxygen atoms in total. The van der Waals surface area contributed by atoms with E-state index in [0.29, 0.717) is 12.2 Å². The van der Waals surface area contributed by atoms with Gasteiger partial charge < -0.3 is 14.2 Å². The molecule has 0 unspecified atom stereocenters. The molecule has 4 heteroatoms. The molecule has 0 aromatic heterocycles. The topological polar surface area (TPSA) is 48.1 Å². The molecule has 0 aliphatic carbocycles. The minimum absolute atomic E-state index is 0.00381. The van der Waals surface area contributed by atoms with Crippen molar-refractivity contribution in [2.24, 2.45) is 5.92 Å². The van der Waals surface area contributed by atoms with Gasteiger partial charge in [0.05, 0.1) is 12.2 Å². The van der Waals surface area contributed by atoms with Gasteiger partial charge in [-0.3, -0.25) is 0 Å². The maximum absolute atomic E-state index is 12.0. The van der Waals surface area contributed by atoms with Crippen LogP contribution in [0.2, 0.25) is 0 Å². The van der Waals surface area contributed by atoms with Crippen molar-refractivity contribution in [1.82, 2.24) is 0 Å². The van der Waals surface area contributed by atoms with Crippen LogP contribution in [0, 0.1) is 5.92 Å². The molecule has 0 aromatic carbocycles. The SMILES string of the molecule is C=C(CC[C@H]1C(=C)C(=O)O[C@@H]1[C@@H]1O[C@]1(C)CC/C=C\CC)COC. The smallest absolute Gasteiger partial charge is 0.334 e. The lowest BCUT2D eigenvalue weighted by atomic mass is 9.85. The van der Waals surface area contributed by atoms with Crippen LogP contribution < -0.4 is 0 Å². The Morgan fingerprint density at radius 2 is 2.17 bits per heavy atom. The van der Waals surface area contributed by atoms with Crippen LogP contribution in [0.1, 0.15) is 46.0 Å². The zero-order chi connectivity index (χ0) is 17.7. The summed E-state index contributed by atoms with van der Waals surface area (Å²) in [6.45, 7) is 12.7. The van der Waals surface area contributed by atoms with Crippen molar-refractivity contribution in [2.75, 3.05) is 13.7 Å². The lowest BCUT2D eigenvalue weighted by molar-refractivity contribution is -0.140. The van der Waals surface area contributed by atoms with Crippen molar-refractivity contribution in [3.8, 4) is 0 Å². The fraction of sp³-hybridized carbons (Fsp3) is 0.650. The summed E-state index contributed by atoms with van der Waals surface area (Å²) in [5.74, 6) is -0.282. The van der Waals surface area contributed by atoms with E-state index in [4.69, 9.17) is 14.2 Å². The van der Waals surface area contributed by atoms with E-state index in [1.54, 1.807) is 7.11 Å². The number of epoxide rings is 1. The van der Waals surface area contributed by atoms with Gasteiger partial charge in [0.25, 0.3) is 0 Å². The summed E-state index contributed by atoms with van der Waals surface area (Å²) in [7, 11) is 1.66. The molecule has 0 spiro atoms. The van der Waals surface area contributed by atoms with Crippen LogP contribution in [-0.4, -0.2) is 37.5 Å². The number of allylic oxidation sites excluding steroid dienone is 2. The molecule has 0 N–H and O–H groups in total. The third-order valence-corrected chi connectivity index (χ3v) is 4.96. The third-order valence-electron chi connectivity index (χ3n) is 4.96. The fourth-order valence-corrected chi connectivity index (χ4v) is 3.40. The average molecular weight is 334 g/mol. The number of cyclic esters (lactones) is 1. The van der Waals surface area contributed by atoms with E-state index in [0.717, 1.165) is 37.7 Å². The van der Waals surface area contributed by atoms with Crippen LogP contribution in [0.25, 0.3) is 0 Å². The van der Waals surface area contributed by atoms with Gasteiger partial charge in [-0.15, -0.1) is 0 Å². The van der Waals surface area contributed by atoms with E-state index in [1.165, 1.54) is 0 Å². The van der Waals surface area contributed by atoms with Gasteiger partial charge in [-0.2, -0.15) is 0 Å². The molecule has 2 heterocycles. The van der Waals surface area contributed by atoms with E-state index >= 15 is 0 Å². The molecular weight excluding hydrogens is 304 g/mol. The van der Waals surface area contributed by atoms with Crippen molar-refractivity contribution in [1.29, 1.82) is 0 Å². The summed E-state index contributed by atoms with van der Waals surface area (Å²) in [5, 5.41) is 0. The van der Waals surface area contributed by atoms with Gasteiger partial charge >= 0.3 is 5.97 Å². The average Bonchev–Trinajstić information content (AvgIpc) is 3.13. The number of methoxy groups -OCH3 is 1. The molecule has 2 aliphatic rings. The second kappa shape index (κ2) is 8.13. The maximum atomic E-state index is 12.0. The Bertz CT molecular complexity index is 522. The number of esters is 1. The Balaban J connectivity index is 1.93. The molecule has 2 saturated heterocycles. The highest BCUT2D eigenvalue weighted by molar-refractivity contribution is 5.91. The molecule has 0 bridgehead atoms. The summed E-state index contributed by atoms with van der Waals surface area (Å²) in [4.78, 5) is 12.0. The molecule has 2 fully saturated rings. The van der Waals surface area contributed by atoms with Gasteiger partial charge in [0.15, 0.2) is 0 Å². The standard InChI is InChI=1S/C20H30O4/c1-6-7-8-9-12-20(4)18(24-20)17-16(15(3)19(21)23-17)11-10-14(2)13-22-5/h7-8,16-18H,2-3,6,9-13H2,1,4-5H3/b8-7-/t16-,17-,18-,20+/m0/s1. The Morgan fingerprint density at radius 1 is 1.42 bits per heavy atom. The third kappa shape index (κ3) is 4.37. The van der Waals surface area contributed by atoms with Crippen LogP contribution in [0.3, 0.4) is 0 Å². The Morgan fingerprint density at radius 3 is 2.83 bits per heavy atom. The van der Waals surface area contributed by atoms with Gasteiger partial charge in [-0.1, -0.05) is 37.8 Å². The van der Waals surface area contributed by atoms with E-state index in [1.807, 2.05) is 0 Å². The minimum atomic E-state index is -0.286. The lowest BCUT2D eigenvalue weighted by Gasteiger charge is -2.18. The summed E-state index contributed by atoms with van der Waals surface area (Å²) < 4.78 is 16.6. The van der Waals surface area contributed by atoms with Crippen LogP contribution in [0.4, 0.5) is 0 Å². The second-order valence-electron chi connectivity index (χ2n) is 6.99. The number of carbonyl (C=O) groups is 1. The first kappa shape index (κ1) is 18.9. The number of hydrogen-bond donors (Lipinski definition) is 0. The van der Waals surface area contributed by atoms with Crippen molar-refractivity contribution >= 4 is 5.97 Å². The predicted octanol–water partition coefficient (Wildman–Crippen LogP) is 3.97. The maximum Gasteiger partial charge on any atom is 0.334 e. The lowest BCUT2D eigenvalue weighted by Crippen LogP contribution is -2.28. The molecule has 0 saturated carbocycles. The highest BCUT2D eigenvalue weighted by Gasteiger charge is 2.61. The molecule has 134 valence electrons. The summed E-state index contributed by atoms with van der Waals surface area (Å²) in [5.41, 5.74) is 1.39. The van der Waals surface area contributed by atoms with E-state index in [-0.39, 0.29) is 29.7 Å². The van der Waals surface area contributed by atoms with Gasteiger partial charge in [0, 0.05) is 18.6 Å². The summed E-state index contributed by atoms with van der Waals surface area (Å²) >= 11 is 0. The Hall–Kier alpha value is -1.39. The highest BCUT2D eigenvalue weighted by Crippen LogP contribution is 2.49. The molecule has 24 heavy (non-hydrogen) atoms. The molecule has 0 amide bonds. The largest absolute Gasteiger partial charge is 0.455 e. The quantitative estimate of drug-likeness (QED) is 0.262. The number of ether oxygens (including phenoxy) is 3. The van der Waals surface area contributed by atoms with Crippen molar-refractivity contribution in [3.63, 3.8) is 0 Å². The molecule has 2 aliphatic heterocycles. The summed E-state index contributed by atoms with van der Waals surface area (Å²) in [6, 6.07) is 0. The Kier molecular flexibility index (Phi) is 6.41. The van der Waals surface area contributed by atoms with Crippen molar-refractivity contribution in [3.05, 3.63) is 36.5 Å². The van der Waals surface area contributed by atoms with Gasteiger partial charge in [-0.05, 0) is 39.0 Å². The zero-order valence-corrected chi connectivity index (χ0v) is 15.2. The monoisotopic (exact) mass is 334 g/mol. The van der Waals surface area contributed by atoms with Crippen LogP contribution in [0.15, 0.2) is 36.5 Å². The summed E-state index contributed by atoms with van der Waals surface area (Å²) in [6.07, 6.45) is 8.68. The molecule has 0 radical (unpaired) electrons. The normalized spacial score (nSPS) is 32.4. The number of rotatable bonds is 10. The second-order valence-corrected chi connectivity index (χ2v) is 6.99. The first-order chi connectivity index (χ1) is 11.4. The number of hydrogen-bond acceptors (Lipinski definition) is 4. The first-order valence-corrected chi connectivity index (χ1v) is 8.81. The van der Waals surface area contributed by atoms with Gasteiger partial charge in [0.1, 0.15) is 12.2 Å². The van der Waals surface area contributed by atoms with Gasteiger partial charge in [0.2, 0.25) is 0 Å². The van der Waals surface area contributed by atoms with Crippen molar-refractivity contribution < 1.29 is 19.0 Å². The minimum Gasteiger partial charge on any atom is -0.455 e.